The van der Waals surface area contributed by atoms with Crippen LogP contribution in [-0.2, 0) is 19.1 Å². The van der Waals surface area contributed by atoms with Gasteiger partial charge in [-0.25, -0.2) is 4.79 Å². The molecule has 1 fully saturated rings. The number of amides is 4. The van der Waals surface area contributed by atoms with Crippen LogP contribution in [0.5, 0.6) is 0 Å². The molecule has 0 bridgehead atoms. The number of Topliss-reactive ketones (excluding diaryl/α,β-unsaturated/α-hetero) is 1. The van der Waals surface area contributed by atoms with Crippen molar-refractivity contribution in [3.05, 3.63) is 29.8 Å². The molecule has 0 radical (unpaired) electrons. The van der Waals surface area contributed by atoms with Crippen molar-refractivity contribution in [3.8, 4) is 0 Å². The zero-order valence-corrected chi connectivity index (χ0v) is 16.9. The zero-order valence-electron chi connectivity index (χ0n) is 16.9. The van der Waals surface area contributed by atoms with Crippen LogP contribution in [0.25, 0.3) is 0 Å². The number of nitrogens with one attached hydrogen (secondary N) is 2. The quantitative estimate of drug-likeness (QED) is 0.388. The van der Waals surface area contributed by atoms with Gasteiger partial charge in [-0.1, -0.05) is 13.8 Å². The van der Waals surface area contributed by atoms with Crippen LogP contribution in [0.3, 0.4) is 0 Å². The lowest BCUT2D eigenvalue weighted by Gasteiger charge is -2.23. The second-order valence-corrected chi connectivity index (χ2v) is 6.87. The molecule has 1 aromatic rings. The van der Waals surface area contributed by atoms with Crippen LogP contribution in [0.4, 0.5) is 10.5 Å². The molecule has 0 aromatic heterocycles. The molecular weight excluding hydrogens is 378 g/mol. The predicted molar refractivity (Wildman–Crippen MR) is 104 cm³/mol. The van der Waals surface area contributed by atoms with E-state index in [0.717, 1.165) is 4.90 Å². The Kier molecular flexibility index (Phi) is 6.73. The van der Waals surface area contributed by atoms with E-state index in [1.54, 1.807) is 38.1 Å². The van der Waals surface area contributed by atoms with Crippen LogP contribution in [0.1, 0.15) is 50.9 Å². The Morgan fingerprint density at radius 2 is 1.72 bits per heavy atom. The number of esters is 1. The van der Waals surface area contributed by atoms with Gasteiger partial charge in [-0.2, -0.15) is 0 Å². The van der Waals surface area contributed by atoms with Gasteiger partial charge in [0.15, 0.2) is 11.9 Å². The van der Waals surface area contributed by atoms with Gasteiger partial charge < -0.3 is 15.4 Å². The van der Waals surface area contributed by atoms with E-state index in [2.05, 4.69) is 10.6 Å². The maximum Gasteiger partial charge on any atom is 0.327 e. The lowest BCUT2D eigenvalue weighted by Crippen LogP contribution is -2.46. The molecule has 1 heterocycles. The average molecular weight is 403 g/mol. The summed E-state index contributed by atoms with van der Waals surface area (Å²) >= 11 is 0. The number of ketones is 1. The number of urea groups is 1. The van der Waals surface area contributed by atoms with Crippen LogP contribution in [0, 0.1) is 0 Å². The van der Waals surface area contributed by atoms with Crippen LogP contribution in [0.15, 0.2) is 24.3 Å². The number of anilines is 1. The fourth-order valence-corrected chi connectivity index (χ4v) is 3.00. The van der Waals surface area contributed by atoms with Crippen molar-refractivity contribution in [2.24, 2.45) is 0 Å². The zero-order chi connectivity index (χ0) is 21.8. The van der Waals surface area contributed by atoms with Gasteiger partial charge in [-0.3, -0.25) is 24.1 Å². The number of ether oxygens (including phenoxy) is 1. The number of carbonyl (C=O) groups is 5. The molecular formula is C20H25N3O6. The number of imide groups is 1. The minimum Gasteiger partial charge on any atom is -0.451 e. The third-order valence-electron chi connectivity index (χ3n) is 4.98. The minimum absolute atomic E-state index is 0.0964. The summed E-state index contributed by atoms with van der Waals surface area (Å²) in [5.74, 6) is -2.03. The van der Waals surface area contributed by atoms with E-state index in [1.807, 2.05) is 0 Å². The highest BCUT2D eigenvalue weighted by atomic mass is 16.5. The van der Waals surface area contributed by atoms with E-state index in [9.17, 15) is 24.0 Å². The van der Waals surface area contributed by atoms with E-state index >= 15 is 0 Å². The lowest BCUT2D eigenvalue weighted by molar-refractivity contribution is -0.155. The highest BCUT2D eigenvalue weighted by Crippen LogP contribution is 2.24. The highest BCUT2D eigenvalue weighted by Gasteiger charge is 2.49. The fraction of sp³-hybridized carbons (Fsp3) is 0.450. The van der Waals surface area contributed by atoms with Crippen LogP contribution >= 0.6 is 0 Å². The van der Waals surface area contributed by atoms with Crippen molar-refractivity contribution in [1.82, 2.24) is 10.2 Å². The molecule has 0 spiro atoms. The third kappa shape index (κ3) is 4.79. The van der Waals surface area contributed by atoms with E-state index in [-0.39, 0.29) is 5.78 Å². The Balaban J connectivity index is 1.93. The molecule has 1 unspecified atom stereocenters. The molecule has 1 aliphatic rings. The Morgan fingerprint density at radius 1 is 1.14 bits per heavy atom. The maximum absolute atomic E-state index is 12.5. The first-order chi connectivity index (χ1) is 13.6. The Hall–Kier alpha value is -3.23. The van der Waals surface area contributed by atoms with E-state index < -0.39 is 42.0 Å². The van der Waals surface area contributed by atoms with Gasteiger partial charge in [-0.05, 0) is 51.0 Å². The Morgan fingerprint density at radius 3 is 2.21 bits per heavy atom. The molecule has 9 nitrogen and oxygen atoms in total. The summed E-state index contributed by atoms with van der Waals surface area (Å²) < 4.78 is 5.06. The molecule has 9 heteroatoms. The van der Waals surface area contributed by atoms with Crippen LogP contribution in [-0.4, -0.2) is 52.7 Å². The van der Waals surface area contributed by atoms with E-state index in [0.29, 0.717) is 24.1 Å². The van der Waals surface area contributed by atoms with Crippen LogP contribution < -0.4 is 10.6 Å². The van der Waals surface area contributed by atoms with E-state index in [4.69, 9.17) is 4.74 Å². The van der Waals surface area contributed by atoms with Gasteiger partial charge in [0.1, 0.15) is 12.1 Å². The first-order valence-corrected chi connectivity index (χ1v) is 9.39. The molecule has 1 aromatic carbocycles. The molecule has 4 amide bonds. The van der Waals surface area contributed by atoms with Crippen molar-refractivity contribution in [2.75, 3.05) is 11.9 Å². The molecule has 2 rings (SSSR count). The average Bonchev–Trinajstić information content (AvgIpc) is 2.92. The van der Waals surface area contributed by atoms with Crippen molar-refractivity contribution in [3.63, 3.8) is 0 Å². The number of hydrogen-bond donors (Lipinski definition) is 2. The molecule has 29 heavy (non-hydrogen) atoms. The molecule has 156 valence electrons. The van der Waals surface area contributed by atoms with Gasteiger partial charge in [0.25, 0.3) is 11.8 Å². The summed E-state index contributed by atoms with van der Waals surface area (Å²) in [4.78, 5) is 61.0. The monoisotopic (exact) mass is 403 g/mol. The number of nitrogens with zero attached hydrogens (tertiary/aromatic N) is 1. The normalized spacial score (nSPS) is 16.2. The summed E-state index contributed by atoms with van der Waals surface area (Å²) in [5, 5.41) is 5.19. The molecule has 2 N–H and O–H groups in total. The van der Waals surface area contributed by atoms with Crippen molar-refractivity contribution in [1.29, 1.82) is 0 Å². The standard InChI is InChI=1S/C20H25N3O6/c1-5-20(6-2)18(27)23(19(28)22-20)11-16(25)29-13(4)17(26)21-15-9-7-14(8-10-15)12(3)24/h7-10,13H,5-6,11H2,1-4H3,(H,21,26)(H,22,28). The van der Waals surface area contributed by atoms with Gasteiger partial charge in [-0.15, -0.1) is 0 Å². The number of rotatable bonds is 8. The van der Waals surface area contributed by atoms with E-state index in [1.165, 1.54) is 13.8 Å². The second-order valence-electron chi connectivity index (χ2n) is 6.87. The summed E-state index contributed by atoms with van der Waals surface area (Å²) in [6, 6.07) is 5.61. The lowest BCUT2D eigenvalue weighted by atomic mass is 9.93. The third-order valence-corrected chi connectivity index (χ3v) is 4.98. The Labute approximate surface area is 168 Å². The number of carbonyl (C=O) groups excluding carboxylic acids is 5. The van der Waals surface area contributed by atoms with Crippen molar-refractivity contribution < 1.29 is 28.7 Å². The summed E-state index contributed by atoms with van der Waals surface area (Å²) in [7, 11) is 0. The highest BCUT2D eigenvalue weighted by molar-refractivity contribution is 6.08. The molecule has 1 saturated heterocycles. The number of hydrogen-bond acceptors (Lipinski definition) is 6. The molecule has 1 aliphatic heterocycles. The SMILES string of the molecule is CCC1(CC)NC(=O)N(CC(=O)OC(C)C(=O)Nc2ccc(C(C)=O)cc2)C1=O. The summed E-state index contributed by atoms with van der Waals surface area (Å²) in [6.45, 7) is 5.80. The summed E-state index contributed by atoms with van der Waals surface area (Å²) in [6.07, 6.45) is -0.334. The molecule has 0 saturated carbocycles. The first kappa shape index (κ1) is 22.1. The van der Waals surface area contributed by atoms with Crippen LogP contribution in [0.2, 0.25) is 0 Å². The van der Waals surface area contributed by atoms with Gasteiger partial charge in [0.2, 0.25) is 0 Å². The van der Waals surface area contributed by atoms with Crippen molar-refractivity contribution >= 4 is 35.3 Å². The predicted octanol–water partition coefficient (Wildman–Crippen LogP) is 1.87. The van der Waals surface area contributed by atoms with Gasteiger partial charge in [0.05, 0.1) is 0 Å². The molecule has 1 atom stereocenters. The fourth-order valence-electron chi connectivity index (χ4n) is 3.00. The van der Waals surface area contributed by atoms with Gasteiger partial charge >= 0.3 is 12.0 Å². The topological polar surface area (TPSA) is 122 Å². The second kappa shape index (κ2) is 8.85. The van der Waals surface area contributed by atoms with Crippen molar-refractivity contribution in [2.45, 2.75) is 52.2 Å². The van der Waals surface area contributed by atoms with Gasteiger partial charge in [0, 0.05) is 11.3 Å². The number of benzene rings is 1. The largest absolute Gasteiger partial charge is 0.451 e. The first-order valence-electron chi connectivity index (χ1n) is 9.39. The summed E-state index contributed by atoms with van der Waals surface area (Å²) in [5.41, 5.74) is -0.0641. The Bertz CT molecular complexity index is 829. The molecule has 0 aliphatic carbocycles. The minimum atomic E-state index is -1.14. The maximum atomic E-state index is 12.5. The smallest absolute Gasteiger partial charge is 0.327 e.